The maximum absolute atomic E-state index is 12.4. The predicted octanol–water partition coefficient (Wildman–Crippen LogP) is 7.09. The van der Waals surface area contributed by atoms with Crippen LogP contribution in [0.5, 0.6) is 5.75 Å². The van der Waals surface area contributed by atoms with Crippen LogP contribution < -0.4 is 10.1 Å². The van der Waals surface area contributed by atoms with E-state index in [-0.39, 0.29) is 28.3 Å². The predicted molar refractivity (Wildman–Crippen MR) is 125 cm³/mol. The Morgan fingerprint density at radius 2 is 1.71 bits per heavy atom. The number of ether oxygens (including phenoxy) is 1. The highest BCUT2D eigenvalue weighted by Crippen LogP contribution is 2.42. The van der Waals surface area contributed by atoms with Gasteiger partial charge in [0.1, 0.15) is 5.52 Å². The molecule has 0 saturated heterocycles. The summed E-state index contributed by atoms with van der Waals surface area (Å²) < 4.78 is 11.4. The average molecular weight is 476 g/mol. The number of hydrogen-bond donors (Lipinski definition) is 1. The first-order chi connectivity index (χ1) is 14.8. The number of anilines is 1. The lowest BCUT2D eigenvalue weighted by Crippen LogP contribution is -2.20. The lowest BCUT2D eigenvalue weighted by atomic mass is 10.1. The zero-order valence-corrected chi connectivity index (χ0v) is 18.9. The van der Waals surface area contributed by atoms with Crippen LogP contribution in [0.25, 0.3) is 22.6 Å². The third-order valence-corrected chi connectivity index (χ3v) is 6.23. The summed E-state index contributed by atoms with van der Waals surface area (Å²) in [6, 6.07) is 14.7. The van der Waals surface area contributed by atoms with Crippen molar-refractivity contribution in [3.8, 4) is 17.2 Å². The molecule has 31 heavy (non-hydrogen) atoms. The Morgan fingerprint density at radius 3 is 2.42 bits per heavy atom. The molecule has 0 radical (unpaired) electrons. The molecule has 0 saturated carbocycles. The zero-order valence-electron chi connectivity index (χ0n) is 16.6. The Bertz CT molecular complexity index is 1240. The van der Waals surface area contributed by atoms with Crippen molar-refractivity contribution < 1.29 is 13.9 Å². The van der Waals surface area contributed by atoms with Crippen molar-refractivity contribution in [2.24, 2.45) is 0 Å². The highest BCUT2D eigenvalue weighted by atomic mass is 35.5. The summed E-state index contributed by atoms with van der Waals surface area (Å²) >= 11 is 18.8. The summed E-state index contributed by atoms with van der Waals surface area (Å²) in [4.78, 5) is 16.9. The van der Waals surface area contributed by atoms with Gasteiger partial charge >= 0.3 is 0 Å². The van der Waals surface area contributed by atoms with Crippen molar-refractivity contribution in [1.82, 2.24) is 4.98 Å². The van der Waals surface area contributed by atoms with Gasteiger partial charge in [-0.15, -0.1) is 0 Å². The number of nitrogens with zero attached hydrogens (tertiary/aromatic N) is 1. The monoisotopic (exact) mass is 474 g/mol. The lowest BCUT2D eigenvalue weighted by molar-refractivity contribution is -0.118. The van der Waals surface area contributed by atoms with Gasteiger partial charge in [0.05, 0.1) is 10.0 Å². The van der Waals surface area contributed by atoms with Crippen LogP contribution in [0.15, 0.2) is 52.9 Å². The van der Waals surface area contributed by atoms with E-state index in [0.29, 0.717) is 33.3 Å². The Kier molecular flexibility index (Phi) is 6.10. The number of benzene rings is 3. The van der Waals surface area contributed by atoms with E-state index >= 15 is 0 Å². The van der Waals surface area contributed by atoms with Crippen molar-refractivity contribution in [3.05, 3.63) is 74.7 Å². The molecule has 0 aliphatic heterocycles. The average Bonchev–Trinajstić information content (AvgIpc) is 3.21. The van der Waals surface area contributed by atoms with Crippen LogP contribution in [0.4, 0.5) is 5.69 Å². The van der Waals surface area contributed by atoms with Crippen molar-refractivity contribution in [1.29, 1.82) is 0 Å². The molecular formula is C23H17Cl3N2O3. The molecule has 3 aromatic carbocycles. The number of nitrogens with one attached hydrogen (secondary N) is 1. The Balaban J connectivity index is 1.48. The number of aromatic nitrogens is 1. The van der Waals surface area contributed by atoms with Gasteiger partial charge in [0, 0.05) is 16.3 Å². The van der Waals surface area contributed by atoms with Crippen molar-refractivity contribution in [3.63, 3.8) is 0 Å². The molecule has 1 heterocycles. The van der Waals surface area contributed by atoms with Gasteiger partial charge in [-0.1, -0.05) is 53.0 Å². The van der Waals surface area contributed by atoms with E-state index in [0.717, 1.165) is 11.1 Å². The second-order valence-corrected chi connectivity index (χ2v) is 8.06. The number of halogens is 3. The number of carbonyl (C=O) groups is 1. The number of fused-ring (bicyclic) bond motifs is 1. The Hall–Kier alpha value is -2.73. The van der Waals surface area contributed by atoms with Gasteiger partial charge in [0.15, 0.2) is 17.9 Å². The van der Waals surface area contributed by atoms with Gasteiger partial charge < -0.3 is 14.5 Å². The maximum Gasteiger partial charge on any atom is 0.262 e. The SMILES string of the molecule is Cc1c(Cl)c(C)c(Cl)c(OCC(=O)Nc2cccc(-c3nc4ccccc4o3)c2)c1Cl. The summed E-state index contributed by atoms with van der Waals surface area (Å²) in [7, 11) is 0. The third-order valence-electron chi connectivity index (χ3n) is 4.75. The van der Waals surface area contributed by atoms with E-state index in [1.807, 2.05) is 30.3 Å². The molecule has 8 heteroatoms. The summed E-state index contributed by atoms with van der Waals surface area (Å²) in [5.74, 6) is 0.337. The van der Waals surface area contributed by atoms with Crippen molar-refractivity contribution in [2.75, 3.05) is 11.9 Å². The molecular weight excluding hydrogens is 459 g/mol. The van der Waals surface area contributed by atoms with Gasteiger partial charge in [-0.3, -0.25) is 4.79 Å². The van der Waals surface area contributed by atoms with Crippen LogP contribution in [-0.4, -0.2) is 17.5 Å². The summed E-state index contributed by atoms with van der Waals surface area (Å²) in [6.45, 7) is 3.25. The fourth-order valence-electron chi connectivity index (χ4n) is 3.10. The zero-order chi connectivity index (χ0) is 22.1. The first kappa shape index (κ1) is 21.5. The summed E-state index contributed by atoms with van der Waals surface area (Å²) in [5, 5.41) is 3.83. The topological polar surface area (TPSA) is 64.4 Å². The van der Waals surface area contributed by atoms with E-state index in [9.17, 15) is 4.79 Å². The van der Waals surface area contributed by atoms with Gasteiger partial charge in [-0.25, -0.2) is 4.98 Å². The van der Waals surface area contributed by atoms with Crippen LogP contribution in [-0.2, 0) is 4.79 Å². The number of para-hydroxylation sites is 2. The molecule has 0 fully saturated rings. The molecule has 4 rings (SSSR count). The molecule has 0 aliphatic rings. The molecule has 5 nitrogen and oxygen atoms in total. The minimum Gasteiger partial charge on any atom is -0.481 e. The normalized spacial score (nSPS) is 11.0. The van der Waals surface area contributed by atoms with Gasteiger partial charge in [0.2, 0.25) is 5.89 Å². The molecule has 1 amide bonds. The van der Waals surface area contributed by atoms with Gasteiger partial charge in [-0.2, -0.15) is 0 Å². The number of amides is 1. The molecule has 0 atom stereocenters. The maximum atomic E-state index is 12.4. The van der Waals surface area contributed by atoms with E-state index in [2.05, 4.69) is 10.3 Å². The molecule has 158 valence electrons. The smallest absolute Gasteiger partial charge is 0.262 e. The van der Waals surface area contributed by atoms with Crippen LogP contribution in [0.2, 0.25) is 15.1 Å². The molecule has 0 spiro atoms. The number of carbonyl (C=O) groups excluding carboxylic acids is 1. The fraction of sp³-hybridized carbons (Fsp3) is 0.130. The van der Waals surface area contributed by atoms with Crippen LogP contribution in [0.3, 0.4) is 0 Å². The first-order valence-electron chi connectivity index (χ1n) is 9.37. The lowest BCUT2D eigenvalue weighted by Gasteiger charge is -2.15. The van der Waals surface area contributed by atoms with E-state index in [1.54, 1.807) is 32.0 Å². The quantitative estimate of drug-likeness (QED) is 0.335. The molecule has 1 aromatic heterocycles. The minimum atomic E-state index is -0.368. The van der Waals surface area contributed by atoms with Crippen LogP contribution in [0.1, 0.15) is 11.1 Å². The van der Waals surface area contributed by atoms with E-state index in [1.165, 1.54) is 0 Å². The number of oxazole rings is 1. The molecule has 0 bridgehead atoms. The highest BCUT2D eigenvalue weighted by molar-refractivity contribution is 6.42. The summed E-state index contributed by atoms with van der Waals surface area (Å²) in [5.41, 5.74) is 4.07. The van der Waals surface area contributed by atoms with Crippen molar-refractivity contribution >= 4 is 57.5 Å². The Labute approximate surface area is 193 Å². The molecule has 0 aliphatic carbocycles. The van der Waals surface area contributed by atoms with Crippen LogP contribution >= 0.6 is 34.8 Å². The minimum absolute atomic E-state index is 0.234. The number of rotatable bonds is 5. The molecule has 1 N–H and O–H groups in total. The summed E-state index contributed by atoms with van der Waals surface area (Å²) in [6.07, 6.45) is 0. The van der Waals surface area contributed by atoms with Gasteiger partial charge in [-0.05, 0) is 55.3 Å². The van der Waals surface area contributed by atoms with Gasteiger partial charge in [0.25, 0.3) is 5.91 Å². The second kappa shape index (κ2) is 8.79. The van der Waals surface area contributed by atoms with E-state index < -0.39 is 0 Å². The number of hydrogen-bond acceptors (Lipinski definition) is 4. The third kappa shape index (κ3) is 4.35. The highest BCUT2D eigenvalue weighted by Gasteiger charge is 2.19. The fourth-order valence-corrected chi connectivity index (χ4v) is 3.92. The first-order valence-corrected chi connectivity index (χ1v) is 10.5. The van der Waals surface area contributed by atoms with Crippen LogP contribution in [0, 0.1) is 13.8 Å². The van der Waals surface area contributed by atoms with E-state index in [4.69, 9.17) is 44.0 Å². The molecule has 0 unspecified atom stereocenters. The standard InChI is InChI=1S/C23H17Cl3N2O3/c1-12-19(24)13(2)21(26)22(20(12)25)30-11-18(29)27-15-7-5-6-14(10-15)23-28-16-8-3-4-9-17(16)31-23/h3-10H,11H2,1-2H3,(H,27,29). The second-order valence-electron chi connectivity index (χ2n) is 6.93. The molecule has 4 aromatic rings. The van der Waals surface area contributed by atoms with Crippen molar-refractivity contribution in [2.45, 2.75) is 13.8 Å². The Morgan fingerprint density at radius 1 is 1.00 bits per heavy atom. The largest absolute Gasteiger partial charge is 0.481 e.